The van der Waals surface area contributed by atoms with Crippen LogP contribution in [-0.4, -0.2) is 29.1 Å². The quantitative estimate of drug-likeness (QED) is 0.448. The summed E-state index contributed by atoms with van der Waals surface area (Å²) in [5, 5.41) is 11.5. The second-order valence-corrected chi connectivity index (χ2v) is 8.68. The first-order chi connectivity index (χ1) is 15.5. The minimum atomic E-state index is -5.12. The number of amides is 1. The van der Waals surface area contributed by atoms with Gasteiger partial charge in [-0.2, -0.15) is 13.2 Å². The lowest BCUT2D eigenvalue weighted by molar-refractivity contribution is -0.167. The number of halogens is 3. The van der Waals surface area contributed by atoms with Gasteiger partial charge in [-0.05, 0) is 62.1 Å². The highest BCUT2D eigenvalue weighted by atomic mass is 19.4. The van der Waals surface area contributed by atoms with E-state index in [1.807, 2.05) is 25.2 Å². The van der Waals surface area contributed by atoms with Gasteiger partial charge in [0.15, 0.2) is 0 Å². The summed E-state index contributed by atoms with van der Waals surface area (Å²) in [4.78, 5) is 35.9. The van der Waals surface area contributed by atoms with E-state index in [0.29, 0.717) is 24.0 Å². The fourth-order valence-corrected chi connectivity index (χ4v) is 5.08. The summed E-state index contributed by atoms with van der Waals surface area (Å²) in [5.74, 6) is -4.43. The molecule has 6 nitrogen and oxygen atoms in total. The third kappa shape index (κ3) is 4.91. The Morgan fingerprint density at radius 1 is 1.18 bits per heavy atom. The number of nitrogens with one attached hydrogen (secondary N) is 1. The van der Waals surface area contributed by atoms with Crippen LogP contribution in [0.5, 0.6) is 0 Å². The van der Waals surface area contributed by atoms with E-state index in [2.05, 4.69) is 0 Å². The number of hydrogen-bond acceptors (Lipinski definition) is 4. The van der Waals surface area contributed by atoms with Crippen LogP contribution < -0.4 is 5.32 Å². The summed E-state index contributed by atoms with van der Waals surface area (Å²) < 4.78 is 44.2. The lowest BCUT2D eigenvalue weighted by atomic mass is 9.75. The number of allylic oxidation sites excluding steroid dienone is 2. The Bertz CT molecular complexity index is 1010. The largest absolute Gasteiger partial charge is 0.481 e. The summed E-state index contributed by atoms with van der Waals surface area (Å²) in [7, 11) is 0. The SMILES string of the molecule is CCc1c(C)c2c(c(NC(=O)C(F)(F)F)c1C/C=C(\C)C1CCCCC1C(=O)O)C(=O)OC2. The highest BCUT2D eigenvalue weighted by molar-refractivity contribution is 6.06. The van der Waals surface area contributed by atoms with E-state index in [4.69, 9.17) is 4.74 Å². The molecule has 2 aliphatic rings. The maximum atomic E-state index is 13.1. The van der Waals surface area contributed by atoms with Gasteiger partial charge in [0, 0.05) is 5.56 Å². The molecule has 33 heavy (non-hydrogen) atoms. The number of carboxylic acids is 1. The number of carbonyl (C=O) groups is 3. The van der Waals surface area contributed by atoms with Gasteiger partial charge in [-0.3, -0.25) is 9.59 Å². The van der Waals surface area contributed by atoms with Crippen molar-refractivity contribution in [3.63, 3.8) is 0 Å². The number of rotatable bonds is 6. The van der Waals surface area contributed by atoms with Crippen LogP contribution >= 0.6 is 0 Å². The summed E-state index contributed by atoms with van der Waals surface area (Å²) in [6.07, 6.45) is 0.410. The van der Waals surface area contributed by atoms with Gasteiger partial charge in [0.25, 0.3) is 0 Å². The van der Waals surface area contributed by atoms with E-state index in [9.17, 15) is 32.7 Å². The molecule has 180 valence electrons. The molecule has 1 saturated carbocycles. The van der Waals surface area contributed by atoms with Gasteiger partial charge in [0.05, 0.1) is 17.2 Å². The first-order valence-electron chi connectivity index (χ1n) is 11.1. The molecule has 1 fully saturated rings. The zero-order chi connectivity index (χ0) is 24.5. The minimum absolute atomic E-state index is 0.0376. The number of alkyl halides is 3. The van der Waals surface area contributed by atoms with Crippen molar-refractivity contribution in [1.82, 2.24) is 0 Å². The molecule has 0 saturated heterocycles. The average Bonchev–Trinajstić information content (AvgIpc) is 3.15. The molecule has 2 unspecified atom stereocenters. The molecule has 0 spiro atoms. The number of carbonyl (C=O) groups excluding carboxylic acids is 2. The molecular weight excluding hydrogens is 439 g/mol. The van der Waals surface area contributed by atoms with Crippen molar-refractivity contribution in [3.05, 3.63) is 39.5 Å². The van der Waals surface area contributed by atoms with E-state index in [1.54, 1.807) is 6.92 Å². The molecule has 1 aromatic rings. The first kappa shape index (κ1) is 24.8. The average molecular weight is 467 g/mol. The normalized spacial score (nSPS) is 20.9. The molecule has 2 atom stereocenters. The van der Waals surface area contributed by atoms with Gasteiger partial charge >= 0.3 is 24.0 Å². The summed E-state index contributed by atoms with van der Waals surface area (Å²) in [5.41, 5.74) is 3.05. The van der Waals surface area contributed by atoms with Crippen molar-refractivity contribution in [3.8, 4) is 0 Å². The van der Waals surface area contributed by atoms with E-state index >= 15 is 0 Å². The van der Waals surface area contributed by atoms with E-state index in [0.717, 1.165) is 36.0 Å². The number of aliphatic carboxylic acids is 1. The standard InChI is InChI=1S/C24H28F3NO5/c1-4-14-13(3)18-11-33-22(31)19(18)20(28-23(32)24(25,26)27)16(14)10-9-12(2)15-7-5-6-8-17(15)21(29)30/h9,15,17H,4-8,10-11H2,1-3H3,(H,28,32)(H,29,30)/b12-9+. The molecule has 0 bridgehead atoms. The van der Waals surface area contributed by atoms with E-state index < -0.39 is 29.9 Å². The van der Waals surface area contributed by atoms with Crippen molar-refractivity contribution in [1.29, 1.82) is 0 Å². The maximum Gasteiger partial charge on any atom is 0.471 e. The molecule has 1 aromatic carbocycles. The molecule has 0 aromatic heterocycles. The van der Waals surface area contributed by atoms with Crippen LogP contribution in [0.25, 0.3) is 0 Å². The Morgan fingerprint density at radius 3 is 2.39 bits per heavy atom. The summed E-state index contributed by atoms with van der Waals surface area (Å²) in [6, 6.07) is 0. The molecule has 0 radical (unpaired) electrons. The number of ether oxygens (including phenoxy) is 1. The number of carboxylic acid groups (broad SMARTS) is 1. The predicted molar refractivity (Wildman–Crippen MR) is 115 cm³/mol. The Kier molecular flexibility index (Phi) is 7.19. The molecule has 9 heteroatoms. The molecule has 2 N–H and O–H groups in total. The summed E-state index contributed by atoms with van der Waals surface area (Å²) >= 11 is 0. The van der Waals surface area contributed by atoms with Crippen molar-refractivity contribution in [2.24, 2.45) is 11.8 Å². The van der Waals surface area contributed by atoms with Crippen molar-refractivity contribution < 1.29 is 37.4 Å². The van der Waals surface area contributed by atoms with Gasteiger partial charge in [-0.15, -0.1) is 0 Å². The fourth-order valence-electron chi connectivity index (χ4n) is 5.08. The molecule has 1 amide bonds. The van der Waals surface area contributed by atoms with Crippen molar-refractivity contribution in [2.45, 2.75) is 72.1 Å². The third-order valence-electron chi connectivity index (χ3n) is 6.82. The van der Waals surface area contributed by atoms with Gasteiger partial charge in [-0.1, -0.05) is 31.4 Å². The van der Waals surface area contributed by atoms with Gasteiger partial charge < -0.3 is 15.2 Å². The smallest absolute Gasteiger partial charge is 0.471 e. The van der Waals surface area contributed by atoms with Crippen LogP contribution in [0.1, 0.15) is 72.1 Å². The number of cyclic esters (lactones) is 1. The highest BCUT2D eigenvalue weighted by Crippen LogP contribution is 2.40. The Morgan fingerprint density at radius 2 is 1.82 bits per heavy atom. The van der Waals surface area contributed by atoms with Crippen molar-refractivity contribution in [2.75, 3.05) is 5.32 Å². The van der Waals surface area contributed by atoms with Crippen LogP contribution in [-0.2, 0) is 33.8 Å². The number of benzene rings is 1. The minimum Gasteiger partial charge on any atom is -0.481 e. The third-order valence-corrected chi connectivity index (χ3v) is 6.82. The highest BCUT2D eigenvalue weighted by Gasteiger charge is 2.41. The Labute approximate surface area is 190 Å². The topological polar surface area (TPSA) is 92.7 Å². The molecule has 1 aliphatic carbocycles. The number of esters is 1. The summed E-state index contributed by atoms with van der Waals surface area (Å²) in [6.45, 7) is 5.42. The lowest BCUT2D eigenvalue weighted by Crippen LogP contribution is -2.31. The molecular formula is C24H28F3NO5. The Hall–Kier alpha value is -2.84. The first-order valence-corrected chi connectivity index (χ1v) is 11.1. The van der Waals surface area contributed by atoms with Gasteiger partial charge in [0.2, 0.25) is 0 Å². The van der Waals surface area contributed by atoms with Crippen LogP contribution in [0, 0.1) is 18.8 Å². The molecule has 1 aliphatic heterocycles. The van der Waals surface area contributed by atoms with E-state index in [-0.39, 0.29) is 30.2 Å². The van der Waals surface area contributed by atoms with Crippen LogP contribution in [0.4, 0.5) is 18.9 Å². The predicted octanol–water partition coefficient (Wildman–Crippen LogP) is 5.11. The zero-order valence-corrected chi connectivity index (χ0v) is 18.9. The van der Waals surface area contributed by atoms with Gasteiger partial charge in [0.1, 0.15) is 6.61 Å². The number of hydrogen-bond donors (Lipinski definition) is 2. The second-order valence-electron chi connectivity index (χ2n) is 8.68. The monoisotopic (exact) mass is 467 g/mol. The maximum absolute atomic E-state index is 13.1. The molecule has 3 rings (SSSR count). The van der Waals surface area contributed by atoms with Crippen LogP contribution in [0.15, 0.2) is 11.6 Å². The van der Waals surface area contributed by atoms with Crippen LogP contribution in [0.3, 0.4) is 0 Å². The van der Waals surface area contributed by atoms with Crippen molar-refractivity contribution >= 4 is 23.5 Å². The van der Waals surface area contributed by atoms with Gasteiger partial charge in [-0.25, -0.2) is 4.79 Å². The zero-order valence-electron chi connectivity index (χ0n) is 18.9. The van der Waals surface area contributed by atoms with Crippen LogP contribution in [0.2, 0.25) is 0 Å². The Balaban J connectivity index is 2.08. The second kappa shape index (κ2) is 9.57. The lowest BCUT2D eigenvalue weighted by Gasteiger charge is -2.29. The van der Waals surface area contributed by atoms with E-state index in [1.165, 1.54) is 0 Å². The number of anilines is 1. The fraction of sp³-hybridized carbons (Fsp3) is 0.542. The molecule has 1 heterocycles. The number of fused-ring (bicyclic) bond motifs is 1.